The molecule has 6 nitrogen and oxygen atoms in total. The number of aryl methyl sites for hydroxylation is 1. The number of hydrogen-bond donors (Lipinski definition) is 1. The fraction of sp³-hybridized carbons (Fsp3) is 0.417. The number of anilines is 3. The second kappa shape index (κ2) is 9.32. The third-order valence-electron chi connectivity index (χ3n) is 6.23. The van der Waals surface area contributed by atoms with Gasteiger partial charge in [0.05, 0.1) is 29.5 Å². The molecule has 0 saturated carbocycles. The topological polar surface area (TPSA) is 48.0 Å². The molecule has 4 rings (SSSR count). The number of nitrogens with zero attached hydrogens (tertiary/aromatic N) is 3. The first-order valence-electron chi connectivity index (χ1n) is 10.9. The van der Waals surface area contributed by atoms with Gasteiger partial charge in [-0.1, -0.05) is 24.4 Å². The number of carbonyl (C=O) groups excluding carboxylic acids is 1. The molecule has 170 valence electrons. The number of piperazine rings is 1. The molecule has 2 heterocycles. The second-order valence-electron chi connectivity index (χ2n) is 8.38. The molecule has 2 aromatic carbocycles. The van der Waals surface area contributed by atoms with Crippen LogP contribution in [0.15, 0.2) is 36.4 Å². The van der Waals surface area contributed by atoms with Gasteiger partial charge in [-0.05, 0) is 56.2 Å². The van der Waals surface area contributed by atoms with E-state index in [0.29, 0.717) is 29.5 Å². The molecule has 0 spiro atoms. The van der Waals surface area contributed by atoms with Gasteiger partial charge in [0.15, 0.2) is 0 Å². The molecule has 0 aromatic heterocycles. The van der Waals surface area contributed by atoms with Crippen LogP contribution in [0.25, 0.3) is 0 Å². The average molecular weight is 457 g/mol. The van der Waals surface area contributed by atoms with E-state index in [1.165, 1.54) is 27.8 Å². The standard InChI is InChI=1S/C24H29FN4O2S/c1-16-5-4-6-22(17(16)2)27-9-11-28(12-10-27)23-8-7-19(13-21(23)25)29-15-20(31-24(29)30)14-26-18(3)32/h4-8,13,20H,9-12,14-15H2,1-3H3,(H,26,32)/t20-/m0/s1. The summed E-state index contributed by atoms with van der Waals surface area (Å²) in [5, 5.41) is 3.01. The first-order chi connectivity index (χ1) is 15.3. The van der Waals surface area contributed by atoms with Crippen molar-refractivity contribution in [3.63, 3.8) is 0 Å². The smallest absolute Gasteiger partial charge is 0.414 e. The molecule has 0 unspecified atom stereocenters. The number of benzene rings is 2. The van der Waals surface area contributed by atoms with Gasteiger partial charge in [-0.2, -0.15) is 0 Å². The number of halogens is 1. The number of carbonyl (C=O) groups is 1. The molecule has 1 N–H and O–H groups in total. The number of rotatable bonds is 5. The highest BCUT2D eigenvalue weighted by Gasteiger charge is 2.33. The van der Waals surface area contributed by atoms with Gasteiger partial charge in [0.25, 0.3) is 0 Å². The van der Waals surface area contributed by atoms with Crippen LogP contribution >= 0.6 is 12.2 Å². The normalized spacial score (nSPS) is 18.7. The van der Waals surface area contributed by atoms with Crippen LogP contribution in [-0.2, 0) is 4.74 Å². The molecule has 0 radical (unpaired) electrons. The lowest BCUT2D eigenvalue weighted by Gasteiger charge is -2.38. The molecule has 1 amide bonds. The van der Waals surface area contributed by atoms with E-state index in [-0.39, 0.29) is 11.9 Å². The van der Waals surface area contributed by atoms with Gasteiger partial charge in [0.2, 0.25) is 0 Å². The summed E-state index contributed by atoms with van der Waals surface area (Å²) >= 11 is 5.00. The number of cyclic esters (lactones) is 1. The van der Waals surface area contributed by atoms with Crippen molar-refractivity contribution in [1.82, 2.24) is 5.32 Å². The molecule has 32 heavy (non-hydrogen) atoms. The fourth-order valence-electron chi connectivity index (χ4n) is 4.28. The molecule has 2 aliphatic rings. The van der Waals surface area contributed by atoms with Gasteiger partial charge < -0.3 is 19.9 Å². The summed E-state index contributed by atoms with van der Waals surface area (Å²) in [5.74, 6) is -0.327. The van der Waals surface area contributed by atoms with Crippen molar-refractivity contribution in [2.75, 3.05) is 54.0 Å². The van der Waals surface area contributed by atoms with Gasteiger partial charge in [-0.25, -0.2) is 9.18 Å². The predicted molar refractivity (Wildman–Crippen MR) is 131 cm³/mol. The number of amides is 1. The van der Waals surface area contributed by atoms with Crippen LogP contribution < -0.4 is 20.0 Å². The Labute approximate surface area is 193 Å². The van der Waals surface area contributed by atoms with Crippen molar-refractivity contribution in [2.45, 2.75) is 26.9 Å². The van der Waals surface area contributed by atoms with Crippen LogP contribution in [0.4, 0.5) is 26.2 Å². The van der Waals surface area contributed by atoms with Gasteiger partial charge >= 0.3 is 6.09 Å². The Balaban J connectivity index is 1.40. The van der Waals surface area contributed by atoms with Crippen LogP contribution in [0.1, 0.15) is 18.1 Å². The Morgan fingerprint density at radius 2 is 1.81 bits per heavy atom. The van der Waals surface area contributed by atoms with Gasteiger partial charge in [-0.15, -0.1) is 0 Å². The van der Waals surface area contributed by atoms with Crippen molar-refractivity contribution in [3.05, 3.63) is 53.3 Å². The second-order valence-corrected chi connectivity index (χ2v) is 8.99. The minimum atomic E-state index is -0.465. The van der Waals surface area contributed by atoms with Crippen LogP contribution in [0.5, 0.6) is 0 Å². The van der Waals surface area contributed by atoms with Crippen molar-refractivity contribution >= 4 is 40.4 Å². The van der Waals surface area contributed by atoms with E-state index in [2.05, 4.69) is 47.2 Å². The zero-order valence-corrected chi connectivity index (χ0v) is 19.5. The first-order valence-corrected chi connectivity index (χ1v) is 11.3. The maximum absolute atomic E-state index is 15.0. The predicted octanol–water partition coefficient (Wildman–Crippen LogP) is 4.03. The molecule has 0 aliphatic carbocycles. The summed E-state index contributed by atoms with van der Waals surface area (Å²) in [7, 11) is 0. The van der Waals surface area contributed by atoms with Gasteiger partial charge in [0, 0.05) is 31.9 Å². The largest absolute Gasteiger partial charge is 0.442 e. The Kier molecular flexibility index (Phi) is 6.50. The third-order valence-corrected chi connectivity index (χ3v) is 6.38. The summed E-state index contributed by atoms with van der Waals surface area (Å²) in [6, 6.07) is 11.3. The Hall–Kier alpha value is -2.87. The minimum absolute atomic E-state index is 0.318. The highest BCUT2D eigenvalue weighted by atomic mass is 32.1. The molecule has 2 aromatic rings. The number of ether oxygens (including phenoxy) is 1. The summed E-state index contributed by atoms with van der Waals surface area (Å²) in [5.41, 5.74) is 4.90. The Morgan fingerprint density at radius 1 is 1.12 bits per heavy atom. The molecule has 2 fully saturated rings. The fourth-order valence-corrected chi connectivity index (χ4v) is 4.37. The van der Waals surface area contributed by atoms with E-state index in [4.69, 9.17) is 17.0 Å². The molecule has 1 atom stereocenters. The molecular formula is C24H29FN4O2S. The summed E-state index contributed by atoms with van der Waals surface area (Å²) in [6.45, 7) is 10.00. The molecule has 0 bridgehead atoms. The highest BCUT2D eigenvalue weighted by molar-refractivity contribution is 7.80. The Bertz CT molecular complexity index is 1020. The molecule has 2 saturated heterocycles. The summed E-state index contributed by atoms with van der Waals surface area (Å²) < 4.78 is 20.4. The zero-order valence-electron chi connectivity index (χ0n) is 18.7. The van der Waals surface area contributed by atoms with E-state index in [1.807, 2.05) is 0 Å². The van der Waals surface area contributed by atoms with E-state index < -0.39 is 6.09 Å². The van der Waals surface area contributed by atoms with Crippen LogP contribution in [0, 0.1) is 19.7 Å². The quantitative estimate of drug-likeness (QED) is 0.686. The third kappa shape index (κ3) is 4.65. The van der Waals surface area contributed by atoms with E-state index in [9.17, 15) is 4.79 Å². The van der Waals surface area contributed by atoms with Gasteiger partial charge in [-0.3, -0.25) is 4.90 Å². The zero-order chi connectivity index (χ0) is 22.8. The average Bonchev–Trinajstić information content (AvgIpc) is 3.15. The maximum Gasteiger partial charge on any atom is 0.414 e. The van der Waals surface area contributed by atoms with Crippen molar-refractivity contribution < 1.29 is 13.9 Å². The summed E-state index contributed by atoms with van der Waals surface area (Å²) in [4.78, 5) is 18.8. The van der Waals surface area contributed by atoms with E-state index in [1.54, 1.807) is 19.1 Å². The van der Waals surface area contributed by atoms with E-state index in [0.717, 1.165) is 26.2 Å². The monoisotopic (exact) mass is 456 g/mol. The first kappa shape index (κ1) is 22.3. The van der Waals surface area contributed by atoms with E-state index >= 15 is 4.39 Å². The van der Waals surface area contributed by atoms with Crippen molar-refractivity contribution in [1.29, 1.82) is 0 Å². The lowest BCUT2D eigenvalue weighted by Crippen LogP contribution is -2.47. The van der Waals surface area contributed by atoms with Crippen molar-refractivity contribution in [2.24, 2.45) is 0 Å². The van der Waals surface area contributed by atoms with Gasteiger partial charge in [0.1, 0.15) is 11.9 Å². The highest BCUT2D eigenvalue weighted by Crippen LogP contribution is 2.30. The summed E-state index contributed by atoms with van der Waals surface area (Å²) in [6.07, 6.45) is -0.783. The number of hydrogen-bond acceptors (Lipinski definition) is 5. The lowest BCUT2D eigenvalue weighted by atomic mass is 10.1. The maximum atomic E-state index is 15.0. The van der Waals surface area contributed by atoms with Crippen LogP contribution in [-0.4, -0.2) is 56.5 Å². The molecule has 8 heteroatoms. The van der Waals surface area contributed by atoms with Crippen molar-refractivity contribution in [3.8, 4) is 0 Å². The molecule has 2 aliphatic heterocycles. The number of nitrogens with one attached hydrogen (secondary N) is 1. The Morgan fingerprint density at radius 3 is 2.47 bits per heavy atom. The lowest BCUT2D eigenvalue weighted by molar-refractivity contribution is 0.143. The SMILES string of the molecule is CC(=S)NC[C@H]1CN(c2ccc(N3CCN(c4cccc(C)c4C)CC3)c(F)c2)C(=O)O1. The molecular weight excluding hydrogens is 427 g/mol. The number of thiocarbonyl (C=S) groups is 1. The minimum Gasteiger partial charge on any atom is -0.442 e. The van der Waals surface area contributed by atoms with Crippen LogP contribution in [0.2, 0.25) is 0 Å². The van der Waals surface area contributed by atoms with Crippen LogP contribution in [0.3, 0.4) is 0 Å².